The summed E-state index contributed by atoms with van der Waals surface area (Å²) in [6.07, 6.45) is 23.3. The first-order chi connectivity index (χ1) is 26.6. The Hall–Kier alpha value is -4.48. The molecule has 3 N–H and O–H groups in total. The van der Waals surface area contributed by atoms with E-state index in [1.165, 1.54) is 11.8 Å². The number of pyridine rings is 1. The molecule has 5 atom stereocenters. The molecule has 3 rings (SSSR count). The van der Waals surface area contributed by atoms with Gasteiger partial charge >= 0.3 is 17.9 Å². The lowest BCUT2D eigenvalue weighted by Crippen LogP contribution is -2.23. The van der Waals surface area contributed by atoms with Crippen LogP contribution in [-0.2, 0) is 43.5 Å². The number of hydrogen-bond donors (Lipinski definition) is 3. The summed E-state index contributed by atoms with van der Waals surface area (Å²) in [4.78, 5) is 42.3. The zero-order chi connectivity index (χ0) is 39.8. The maximum atomic E-state index is 13.0. The van der Waals surface area contributed by atoms with E-state index in [2.05, 4.69) is 16.8 Å². The Morgan fingerprint density at radius 2 is 1.49 bits per heavy atom. The monoisotopic (exact) mass is 757 g/mol. The van der Waals surface area contributed by atoms with Crippen molar-refractivity contribution in [1.29, 1.82) is 0 Å². The van der Waals surface area contributed by atoms with E-state index < -0.39 is 36.2 Å². The number of carbonyl (C=O) groups is 3. The molecule has 1 fully saturated rings. The van der Waals surface area contributed by atoms with E-state index >= 15 is 0 Å². The number of ether oxygens (including phenoxy) is 3. The molecular weight excluding hydrogens is 698 g/mol. The van der Waals surface area contributed by atoms with Gasteiger partial charge < -0.3 is 29.5 Å². The molecule has 10 heteroatoms. The molecule has 0 amide bonds. The molecule has 0 spiro atoms. The van der Waals surface area contributed by atoms with Gasteiger partial charge in [-0.1, -0.05) is 42.5 Å². The van der Waals surface area contributed by atoms with E-state index in [1.807, 2.05) is 42.5 Å². The summed E-state index contributed by atoms with van der Waals surface area (Å²) in [5, 5.41) is 31.9. The number of rotatable bonds is 25. The van der Waals surface area contributed by atoms with Crippen molar-refractivity contribution < 1.29 is 43.9 Å². The van der Waals surface area contributed by atoms with Gasteiger partial charge in [-0.05, 0) is 101 Å². The molecule has 1 saturated carbocycles. The number of benzene rings is 1. The molecule has 298 valence electrons. The molecule has 10 nitrogen and oxygen atoms in total. The Morgan fingerprint density at radius 3 is 2.16 bits per heavy atom. The molecule has 0 saturated heterocycles. The molecule has 1 aromatic heterocycles. The number of aromatic nitrogens is 1. The van der Waals surface area contributed by atoms with Crippen LogP contribution in [-0.4, -0.2) is 56.5 Å². The van der Waals surface area contributed by atoms with Gasteiger partial charge in [0, 0.05) is 49.4 Å². The topological polar surface area (TPSA) is 152 Å². The molecule has 1 heterocycles. The number of nitrogens with zero attached hydrogens (tertiary/aromatic N) is 1. The minimum Gasteiger partial charge on any atom is -0.461 e. The second kappa shape index (κ2) is 25.6. The van der Waals surface area contributed by atoms with Gasteiger partial charge in [-0.15, -0.1) is 24.7 Å². The molecule has 0 radical (unpaired) electrons. The summed E-state index contributed by atoms with van der Waals surface area (Å²) in [7, 11) is 0. The number of aryl methyl sites for hydroxylation is 2. The lowest BCUT2D eigenvalue weighted by molar-refractivity contribution is -0.146. The van der Waals surface area contributed by atoms with Gasteiger partial charge in [0.05, 0.1) is 24.0 Å². The van der Waals surface area contributed by atoms with Crippen molar-refractivity contribution in [2.24, 2.45) is 11.8 Å². The molecule has 0 aliphatic heterocycles. The largest absolute Gasteiger partial charge is 0.461 e. The summed E-state index contributed by atoms with van der Waals surface area (Å²) in [6, 6.07) is 10.0. The van der Waals surface area contributed by atoms with Gasteiger partial charge in [0.2, 0.25) is 0 Å². The molecule has 1 aromatic carbocycles. The van der Waals surface area contributed by atoms with Gasteiger partial charge in [0.1, 0.15) is 13.2 Å². The van der Waals surface area contributed by atoms with E-state index in [1.54, 1.807) is 6.92 Å². The van der Waals surface area contributed by atoms with Crippen LogP contribution >= 0.6 is 0 Å². The van der Waals surface area contributed by atoms with Crippen LogP contribution < -0.4 is 4.74 Å². The van der Waals surface area contributed by atoms with Crippen molar-refractivity contribution in [2.45, 2.75) is 148 Å². The zero-order valence-electron chi connectivity index (χ0n) is 32.3. The lowest BCUT2D eigenvalue weighted by atomic mass is 9.85. The Kier molecular flexibility index (Phi) is 20.9. The first-order valence-corrected chi connectivity index (χ1v) is 19.7. The number of terminal acetylenes is 2. The van der Waals surface area contributed by atoms with E-state index in [0.29, 0.717) is 100 Å². The number of aliphatic hydroxyl groups excluding tert-OH is 3. The van der Waals surface area contributed by atoms with Crippen LogP contribution in [0.1, 0.15) is 125 Å². The zero-order valence-corrected chi connectivity index (χ0v) is 32.3. The highest BCUT2D eigenvalue weighted by Gasteiger charge is 2.40. The molecule has 55 heavy (non-hydrogen) atoms. The second-order valence-electron chi connectivity index (χ2n) is 14.3. The average Bonchev–Trinajstić information content (AvgIpc) is 3.45. The third kappa shape index (κ3) is 16.8. The fourth-order valence-electron chi connectivity index (χ4n) is 6.86. The van der Waals surface area contributed by atoms with Crippen LogP contribution in [0, 0.1) is 43.4 Å². The summed E-state index contributed by atoms with van der Waals surface area (Å²) in [5.74, 6) is 3.76. The maximum Gasteiger partial charge on any atom is 0.311 e. The molecular formula is C45H59NO9. The fraction of sp³-hybridized carbons (Fsp3) is 0.556. The van der Waals surface area contributed by atoms with Crippen LogP contribution in [0.25, 0.3) is 0 Å². The number of carbonyl (C=O) groups excluding carboxylic acids is 3. The SMILES string of the molecule is C#CCCCCC(=O)OCc1cnc(C)c(OC(=O)CCC/C=C\C[C@@H]2[C@@H](CC[C@@H](O)CCc3ccccc3)[C@H](O)C[C@@H]2O)c1COC(=O)CCCCC#C. The van der Waals surface area contributed by atoms with Crippen LogP contribution in [0.4, 0.5) is 0 Å². The second-order valence-corrected chi connectivity index (χ2v) is 14.3. The minimum absolute atomic E-state index is 0.0991. The Bertz CT molecular complexity index is 1590. The minimum atomic E-state index is -0.613. The Morgan fingerprint density at radius 1 is 0.855 bits per heavy atom. The van der Waals surface area contributed by atoms with Crippen LogP contribution in [0.5, 0.6) is 5.75 Å². The number of allylic oxidation sites excluding steroid dienone is 2. The molecule has 2 aromatic rings. The lowest BCUT2D eigenvalue weighted by Gasteiger charge is -2.23. The Balaban J connectivity index is 1.52. The summed E-state index contributed by atoms with van der Waals surface area (Å²) < 4.78 is 16.8. The average molecular weight is 758 g/mol. The van der Waals surface area contributed by atoms with Crippen LogP contribution in [0.2, 0.25) is 0 Å². The van der Waals surface area contributed by atoms with E-state index in [9.17, 15) is 29.7 Å². The van der Waals surface area contributed by atoms with Crippen molar-refractivity contribution >= 4 is 17.9 Å². The molecule has 1 aliphatic rings. The van der Waals surface area contributed by atoms with Gasteiger partial charge in [0.15, 0.2) is 5.75 Å². The van der Waals surface area contributed by atoms with Crippen LogP contribution in [0.3, 0.4) is 0 Å². The van der Waals surface area contributed by atoms with Crippen molar-refractivity contribution in [3.05, 3.63) is 71.1 Å². The van der Waals surface area contributed by atoms with E-state index in [0.717, 1.165) is 6.42 Å². The van der Waals surface area contributed by atoms with Crippen LogP contribution in [0.15, 0.2) is 48.7 Å². The first-order valence-electron chi connectivity index (χ1n) is 19.7. The van der Waals surface area contributed by atoms with Crippen molar-refractivity contribution in [2.75, 3.05) is 0 Å². The quantitative estimate of drug-likeness (QED) is 0.0417. The maximum absolute atomic E-state index is 13.0. The van der Waals surface area contributed by atoms with Crippen molar-refractivity contribution in [1.82, 2.24) is 4.98 Å². The summed E-state index contributed by atoms with van der Waals surface area (Å²) >= 11 is 0. The third-order valence-corrected chi connectivity index (χ3v) is 10.1. The Labute approximate surface area is 327 Å². The first kappa shape index (κ1) is 44.9. The molecule has 0 bridgehead atoms. The summed E-state index contributed by atoms with van der Waals surface area (Å²) in [6.45, 7) is 1.37. The molecule has 0 unspecified atom stereocenters. The van der Waals surface area contributed by atoms with E-state index in [-0.39, 0.29) is 50.1 Å². The fourth-order valence-corrected chi connectivity index (χ4v) is 6.86. The molecule has 1 aliphatic carbocycles. The van der Waals surface area contributed by atoms with E-state index in [4.69, 9.17) is 27.1 Å². The number of unbranched alkanes of at least 4 members (excludes halogenated alkanes) is 5. The third-order valence-electron chi connectivity index (χ3n) is 10.1. The predicted octanol–water partition coefficient (Wildman–Crippen LogP) is 7.02. The number of esters is 3. The van der Waals surface area contributed by atoms with Crippen molar-refractivity contribution in [3.8, 4) is 30.4 Å². The highest BCUT2D eigenvalue weighted by atomic mass is 16.5. The number of aliphatic hydroxyl groups is 3. The van der Waals surface area contributed by atoms with Gasteiger partial charge in [-0.25, -0.2) is 0 Å². The highest BCUT2D eigenvalue weighted by molar-refractivity contribution is 5.74. The predicted molar refractivity (Wildman–Crippen MR) is 210 cm³/mol. The van der Waals surface area contributed by atoms with Gasteiger partial charge in [-0.3, -0.25) is 19.4 Å². The number of hydrogen-bond acceptors (Lipinski definition) is 10. The summed E-state index contributed by atoms with van der Waals surface area (Å²) in [5.41, 5.74) is 2.48. The van der Waals surface area contributed by atoms with Crippen molar-refractivity contribution in [3.63, 3.8) is 0 Å². The van der Waals surface area contributed by atoms with Gasteiger partial charge in [0.25, 0.3) is 0 Å². The van der Waals surface area contributed by atoms with Gasteiger partial charge in [-0.2, -0.15) is 0 Å². The highest BCUT2D eigenvalue weighted by Crippen LogP contribution is 2.38. The normalized spacial score (nSPS) is 18.4. The standard InChI is InChI=1S/C45H59NO9/c1-4-6-8-16-22-42(50)53-31-35-30-46-33(3)45(39(35)32-54-43(51)23-17-9-7-5-2)55-44(52)24-18-11-10-15-21-37-38(41(49)29-40(37)48)28-27-36(47)26-25-34-19-13-12-14-20-34/h1-2,10,12-15,19-20,30,36-38,40-41,47-49H,6-9,11,16-18,21-29,31-32H2,3H3/b15-10-/t36-,37+,38+,40-,41+/m0/s1. The smallest absolute Gasteiger partial charge is 0.311 e.